The molecule has 0 radical (unpaired) electrons. The van der Waals surface area contributed by atoms with Crippen molar-refractivity contribution in [1.82, 2.24) is 0 Å². The summed E-state index contributed by atoms with van der Waals surface area (Å²) in [5, 5.41) is 0.754. The molecule has 0 atom stereocenters. The Morgan fingerprint density at radius 2 is 1.20 bits per heavy atom. The number of halogens is 1. The fraction of sp³-hybridized carbons (Fsp3) is 0.0714. The summed E-state index contributed by atoms with van der Waals surface area (Å²) in [7, 11) is 0. The molecule has 0 N–H and O–H groups in total. The molecule has 0 aliphatic carbocycles. The second-order valence-corrected chi connectivity index (χ2v) is 7.87. The largest absolute Gasteiger partial charge is 0.310 e. The van der Waals surface area contributed by atoms with Gasteiger partial charge in [0.1, 0.15) is 0 Å². The number of hydrogen-bond donors (Lipinski definition) is 0. The van der Waals surface area contributed by atoms with Gasteiger partial charge in [-0.1, -0.05) is 83.9 Å². The van der Waals surface area contributed by atoms with E-state index in [9.17, 15) is 0 Å². The molecule has 1 nitrogen and oxygen atoms in total. The van der Waals surface area contributed by atoms with Gasteiger partial charge in [-0.2, -0.15) is 0 Å². The summed E-state index contributed by atoms with van der Waals surface area (Å²) in [6.45, 7) is 4.30. The van der Waals surface area contributed by atoms with E-state index in [0.717, 1.165) is 27.5 Å². The first-order chi connectivity index (χ1) is 14.6. The lowest BCUT2D eigenvalue weighted by Crippen LogP contribution is -2.11. The van der Waals surface area contributed by atoms with E-state index in [1.165, 1.54) is 16.8 Å². The van der Waals surface area contributed by atoms with E-state index >= 15 is 0 Å². The zero-order valence-electron chi connectivity index (χ0n) is 17.2. The van der Waals surface area contributed by atoms with Crippen molar-refractivity contribution in [3.8, 4) is 0 Å². The maximum atomic E-state index is 5.97. The van der Waals surface area contributed by atoms with Crippen LogP contribution in [0, 0.1) is 13.8 Å². The number of rotatable bonds is 5. The van der Waals surface area contributed by atoms with Crippen LogP contribution in [0.15, 0.2) is 97.1 Å². The number of aryl methyl sites for hydroxylation is 2. The van der Waals surface area contributed by atoms with Crippen LogP contribution in [0.4, 0.5) is 17.1 Å². The van der Waals surface area contributed by atoms with Crippen LogP contribution in [0.1, 0.15) is 22.3 Å². The van der Waals surface area contributed by atoms with Gasteiger partial charge in [-0.05, 0) is 73.0 Å². The van der Waals surface area contributed by atoms with Crippen molar-refractivity contribution in [1.29, 1.82) is 0 Å². The molecule has 148 valence electrons. The van der Waals surface area contributed by atoms with E-state index in [2.05, 4.69) is 97.6 Å². The Morgan fingerprint density at radius 1 is 0.633 bits per heavy atom. The average Bonchev–Trinajstić information content (AvgIpc) is 2.77. The van der Waals surface area contributed by atoms with Crippen LogP contribution in [0.3, 0.4) is 0 Å². The smallest absolute Gasteiger partial charge is 0.0490 e. The molecule has 0 aliphatic rings. The Hall–Kier alpha value is -3.29. The van der Waals surface area contributed by atoms with Crippen LogP contribution < -0.4 is 4.90 Å². The third kappa shape index (κ3) is 4.64. The molecule has 0 fully saturated rings. The Kier molecular flexibility index (Phi) is 6.02. The molecule has 30 heavy (non-hydrogen) atoms. The number of anilines is 3. The molecule has 0 aromatic heterocycles. The van der Waals surface area contributed by atoms with Crippen molar-refractivity contribution >= 4 is 40.8 Å². The van der Waals surface area contributed by atoms with Crippen LogP contribution in [-0.4, -0.2) is 0 Å². The minimum absolute atomic E-state index is 0.754. The van der Waals surface area contributed by atoms with E-state index in [-0.39, 0.29) is 0 Å². The zero-order chi connectivity index (χ0) is 20.9. The topological polar surface area (TPSA) is 3.24 Å². The van der Waals surface area contributed by atoms with Gasteiger partial charge in [0, 0.05) is 22.1 Å². The van der Waals surface area contributed by atoms with Crippen molar-refractivity contribution in [2.75, 3.05) is 4.90 Å². The Labute approximate surface area is 183 Å². The van der Waals surface area contributed by atoms with Crippen LogP contribution >= 0.6 is 11.6 Å². The van der Waals surface area contributed by atoms with Gasteiger partial charge >= 0.3 is 0 Å². The van der Waals surface area contributed by atoms with E-state index in [1.807, 2.05) is 30.3 Å². The van der Waals surface area contributed by atoms with Crippen LogP contribution in [0.5, 0.6) is 0 Å². The summed E-state index contributed by atoms with van der Waals surface area (Å²) in [6, 6.07) is 33.6. The Bertz CT molecular complexity index is 1140. The van der Waals surface area contributed by atoms with Gasteiger partial charge in [0.05, 0.1) is 0 Å². The molecule has 0 spiro atoms. The first-order valence-corrected chi connectivity index (χ1v) is 10.4. The second kappa shape index (κ2) is 9.02. The van der Waals surface area contributed by atoms with Gasteiger partial charge in [-0.25, -0.2) is 0 Å². The molecule has 0 saturated carbocycles. The van der Waals surface area contributed by atoms with Crippen molar-refractivity contribution in [2.24, 2.45) is 0 Å². The summed E-state index contributed by atoms with van der Waals surface area (Å²) >= 11 is 5.97. The Morgan fingerprint density at radius 3 is 1.80 bits per heavy atom. The second-order valence-electron chi connectivity index (χ2n) is 7.44. The zero-order valence-corrected chi connectivity index (χ0v) is 18.0. The van der Waals surface area contributed by atoms with Crippen LogP contribution in [-0.2, 0) is 0 Å². The molecule has 0 bridgehead atoms. The van der Waals surface area contributed by atoms with Gasteiger partial charge < -0.3 is 4.90 Å². The minimum atomic E-state index is 0.754. The molecule has 2 heteroatoms. The number of benzene rings is 4. The molecule has 0 saturated heterocycles. The van der Waals surface area contributed by atoms with Gasteiger partial charge in [0.2, 0.25) is 0 Å². The number of hydrogen-bond acceptors (Lipinski definition) is 1. The monoisotopic (exact) mass is 409 g/mol. The normalized spacial score (nSPS) is 11.0. The number of para-hydroxylation sites is 1. The van der Waals surface area contributed by atoms with Crippen LogP contribution in [0.25, 0.3) is 12.2 Å². The maximum Gasteiger partial charge on any atom is 0.0490 e. The predicted molar refractivity (Wildman–Crippen MR) is 131 cm³/mol. The lowest BCUT2D eigenvalue weighted by Gasteiger charge is -2.27. The maximum absolute atomic E-state index is 5.97. The molecule has 4 aromatic carbocycles. The summed E-state index contributed by atoms with van der Waals surface area (Å²) < 4.78 is 0. The van der Waals surface area contributed by atoms with Crippen molar-refractivity contribution in [3.05, 3.63) is 124 Å². The summed E-state index contributed by atoms with van der Waals surface area (Å²) in [5.74, 6) is 0. The van der Waals surface area contributed by atoms with Gasteiger partial charge in [-0.15, -0.1) is 0 Å². The highest BCUT2D eigenvalue weighted by atomic mass is 35.5. The Balaban J connectivity index is 1.67. The number of nitrogens with zero attached hydrogens (tertiary/aromatic N) is 1. The SMILES string of the molecule is Cc1ccc(N(c2ccccc2)c2ccc(C=Cc3ccc(Cl)cc3)cc2)c(C)c1. The fourth-order valence-electron chi connectivity index (χ4n) is 3.56. The summed E-state index contributed by atoms with van der Waals surface area (Å²) in [4.78, 5) is 2.31. The lowest BCUT2D eigenvalue weighted by atomic mass is 10.1. The minimum Gasteiger partial charge on any atom is -0.310 e. The fourth-order valence-corrected chi connectivity index (χ4v) is 3.69. The quantitative estimate of drug-likeness (QED) is 0.298. The van der Waals surface area contributed by atoms with Crippen molar-refractivity contribution in [2.45, 2.75) is 13.8 Å². The average molecular weight is 410 g/mol. The predicted octanol–water partition coefficient (Wildman–Crippen LogP) is 8.60. The van der Waals surface area contributed by atoms with E-state index in [1.54, 1.807) is 0 Å². The third-order valence-corrected chi connectivity index (χ3v) is 5.35. The highest BCUT2D eigenvalue weighted by Gasteiger charge is 2.14. The molecular weight excluding hydrogens is 386 g/mol. The lowest BCUT2D eigenvalue weighted by molar-refractivity contribution is 1.24. The van der Waals surface area contributed by atoms with Crippen molar-refractivity contribution in [3.63, 3.8) is 0 Å². The van der Waals surface area contributed by atoms with Crippen molar-refractivity contribution < 1.29 is 0 Å². The molecule has 0 heterocycles. The summed E-state index contributed by atoms with van der Waals surface area (Å²) in [6.07, 6.45) is 4.22. The molecular formula is C28H24ClN. The van der Waals surface area contributed by atoms with E-state index < -0.39 is 0 Å². The molecule has 0 unspecified atom stereocenters. The molecule has 4 aromatic rings. The van der Waals surface area contributed by atoms with E-state index in [0.29, 0.717) is 0 Å². The molecule has 0 amide bonds. The highest BCUT2D eigenvalue weighted by Crippen LogP contribution is 2.36. The van der Waals surface area contributed by atoms with Gasteiger partial charge in [-0.3, -0.25) is 0 Å². The standard InChI is InChI=1S/C28H24ClN/c1-21-8-19-28(22(2)20-21)30(26-6-4-3-5-7-26)27-17-13-24(14-18-27)10-9-23-11-15-25(29)16-12-23/h3-20H,1-2H3. The van der Waals surface area contributed by atoms with Crippen LogP contribution in [0.2, 0.25) is 5.02 Å². The van der Waals surface area contributed by atoms with Gasteiger partial charge in [0.25, 0.3) is 0 Å². The molecule has 4 rings (SSSR count). The third-order valence-electron chi connectivity index (χ3n) is 5.10. The van der Waals surface area contributed by atoms with E-state index in [4.69, 9.17) is 11.6 Å². The highest BCUT2D eigenvalue weighted by molar-refractivity contribution is 6.30. The first-order valence-electron chi connectivity index (χ1n) is 10.1. The molecule has 0 aliphatic heterocycles. The summed E-state index contributed by atoms with van der Waals surface area (Å²) in [5.41, 5.74) is 8.28. The first kappa shape index (κ1) is 20.0. The van der Waals surface area contributed by atoms with Gasteiger partial charge in [0.15, 0.2) is 0 Å².